The van der Waals surface area contributed by atoms with Crippen molar-refractivity contribution in [2.24, 2.45) is 46.3 Å². The zero-order valence-corrected chi connectivity index (χ0v) is 18.3. The molecule has 0 amide bonds. The number of carboxylic acid groups (broad SMARTS) is 1. The molecule has 0 saturated heterocycles. The Morgan fingerprint density at radius 3 is 2.34 bits per heavy atom. The quantitative estimate of drug-likeness (QED) is 0.571. The minimum absolute atomic E-state index is 0.0356. The molecule has 4 aliphatic rings. The van der Waals surface area contributed by atoms with E-state index in [-0.39, 0.29) is 35.4 Å². The van der Waals surface area contributed by atoms with Crippen LogP contribution in [0.2, 0.25) is 0 Å². The predicted molar refractivity (Wildman–Crippen MR) is 110 cm³/mol. The van der Waals surface area contributed by atoms with Crippen LogP contribution in [0.25, 0.3) is 0 Å². The number of rotatable bonds is 4. The van der Waals surface area contributed by atoms with Crippen LogP contribution in [0, 0.1) is 46.3 Å². The minimum atomic E-state index is -0.936. The van der Waals surface area contributed by atoms with E-state index < -0.39 is 12.1 Å². The van der Waals surface area contributed by atoms with Gasteiger partial charge in [0.25, 0.3) is 0 Å². The van der Waals surface area contributed by atoms with Gasteiger partial charge in [0.2, 0.25) is 0 Å². The maximum atomic E-state index is 11.2. The summed E-state index contributed by atoms with van der Waals surface area (Å²) < 4.78 is 0. The van der Waals surface area contributed by atoms with Gasteiger partial charge in [-0.3, -0.25) is 4.79 Å². The zero-order valence-electron chi connectivity index (χ0n) is 18.3. The summed E-state index contributed by atoms with van der Waals surface area (Å²) in [5, 5.41) is 41.1. The second kappa shape index (κ2) is 7.49. The molecule has 0 aliphatic heterocycles. The number of aliphatic hydroxyl groups excluding tert-OH is 3. The average molecular weight is 409 g/mol. The van der Waals surface area contributed by atoms with Crippen molar-refractivity contribution in [3.8, 4) is 0 Å². The molecule has 166 valence electrons. The predicted octanol–water partition coefficient (Wildman–Crippen LogP) is 3.45. The SMILES string of the molecule is C[C@@H]([C@H]1CC[C@H]2[C@@H]3[C@@H](O)C[C@@H]4C[C@H](O)CC[C@]4(C)[C@H]3CC[C@]12C)[C@@H](O)CC(=O)O. The summed E-state index contributed by atoms with van der Waals surface area (Å²) in [4.78, 5) is 11.1. The molecule has 4 fully saturated rings. The van der Waals surface area contributed by atoms with Crippen LogP contribution >= 0.6 is 0 Å². The highest BCUT2D eigenvalue weighted by Crippen LogP contribution is 2.68. The van der Waals surface area contributed by atoms with Crippen LogP contribution in [0.1, 0.15) is 78.6 Å². The van der Waals surface area contributed by atoms with E-state index in [1.165, 1.54) is 0 Å². The third-order valence-corrected chi connectivity index (χ3v) is 10.4. The Labute approximate surface area is 174 Å². The van der Waals surface area contributed by atoms with E-state index in [9.17, 15) is 20.1 Å². The summed E-state index contributed by atoms with van der Waals surface area (Å²) in [7, 11) is 0. The third kappa shape index (κ3) is 3.36. The van der Waals surface area contributed by atoms with Gasteiger partial charge in [-0.2, -0.15) is 0 Å². The molecule has 0 spiro atoms. The van der Waals surface area contributed by atoms with E-state index in [4.69, 9.17) is 5.11 Å². The molecular formula is C24H40O5. The van der Waals surface area contributed by atoms with Crippen molar-refractivity contribution in [1.82, 2.24) is 0 Å². The monoisotopic (exact) mass is 408 g/mol. The van der Waals surface area contributed by atoms with Crippen molar-refractivity contribution in [2.45, 2.75) is 96.9 Å². The summed E-state index contributed by atoms with van der Waals surface area (Å²) in [6, 6.07) is 0. The van der Waals surface area contributed by atoms with Crippen LogP contribution < -0.4 is 0 Å². The smallest absolute Gasteiger partial charge is 0.305 e. The number of aliphatic carboxylic acids is 1. The van der Waals surface area contributed by atoms with Gasteiger partial charge < -0.3 is 20.4 Å². The largest absolute Gasteiger partial charge is 0.481 e. The molecule has 11 atom stereocenters. The highest BCUT2D eigenvalue weighted by Gasteiger charge is 2.63. The molecule has 0 aromatic rings. The van der Waals surface area contributed by atoms with Crippen LogP contribution in [-0.4, -0.2) is 44.7 Å². The van der Waals surface area contributed by atoms with Gasteiger partial charge in [0.1, 0.15) is 0 Å². The Bertz CT molecular complexity index is 637. The molecule has 0 aromatic heterocycles. The van der Waals surface area contributed by atoms with E-state index in [0.717, 1.165) is 51.4 Å². The summed E-state index contributed by atoms with van der Waals surface area (Å²) in [5.74, 6) is 1.03. The van der Waals surface area contributed by atoms with Crippen molar-refractivity contribution in [3.05, 3.63) is 0 Å². The fourth-order valence-electron chi connectivity index (χ4n) is 8.74. The van der Waals surface area contributed by atoms with Gasteiger partial charge in [0, 0.05) is 0 Å². The summed E-state index contributed by atoms with van der Waals surface area (Å²) in [6.45, 7) is 6.79. The molecule has 0 aromatic carbocycles. The van der Waals surface area contributed by atoms with Crippen LogP contribution in [0.3, 0.4) is 0 Å². The molecule has 0 heterocycles. The Hall–Kier alpha value is -0.650. The number of carbonyl (C=O) groups is 1. The maximum absolute atomic E-state index is 11.2. The minimum Gasteiger partial charge on any atom is -0.481 e. The molecule has 0 radical (unpaired) electrons. The number of fused-ring (bicyclic) bond motifs is 5. The molecule has 5 heteroatoms. The van der Waals surface area contributed by atoms with Gasteiger partial charge in [-0.15, -0.1) is 0 Å². The molecule has 4 N–H and O–H groups in total. The molecule has 4 aliphatic carbocycles. The van der Waals surface area contributed by atoms with Gasteiger partial charge in [-0.05, 0) is 97.7 Å². The zero-order chi connectivity index (χ0) is 21.1. The lowest BCUT2D eigenvalue weighted by Crippen LogP contribution is -2.58. The number of hydrogen-bond donors (Lipinski definition) is 4. The lowest BCUT2D eigenvalue weighted by molar-refractivity contribution is -0.175. The number of carboxylic acids is 1. The first-order valence-corrected chi connectivity index (χ1v) is 11.8. The topological polar surface area (TPSA) is 98.0 Å². The van der Waals surface area contributed by atoms with Crippen LogP contribution in [-0.2, 0) is 4.79 Å². The Kier molecular flexibility index (Phi) is 5.57. The van der Waals surface area contributed by atoms with Crippen molar-refractivity contribution < 1.29 is 25.2 Å². The van der Waals surface area contributed by atoms with Crippen LogP contribution in [0.4, 0.5) is 0 Å². The van der Waals surface area contributed by atoms with Gasteiger partial charge in [-0.25, -0.2) is 0 Å². The van der Waals surface area contributed by atoms with E-state index in [0.29, 0.717) is 29.6 Å². The Balaban J connectivity index is 1.57. The van der Waals surface area contributed by atoms with E-state index in [1.807, 2.05) is 6.92 Å². The van der Waals surface area contributed by atoms with Gasteiger partial charge >= 0.3 is 5.97 Å². The summed E-state index contributed by atoms with van der Waals surface area (Å²) in [6.07, 6.45) is 6.40. The normalized spacial score (nSPS) is 51.4. The maximum Gasteiger partial charge on any atom is 0.305 e. The first-order valence-electron chi connectivity index (χ1n) is 11.8. The fraction of sp³-hybridized carbons (Fsp3) is 0.958. The number of aliphatic hydroxyl groups is 3. The summed E-state index contributed by atoms with van der Waals surface area (Å²) in [5.41, 5.74) is 0.287. The van der Waals surface area contributed by atoms with Crippen LogP contribution in [0.15, 0.2) is 0 Å². The molecule has 4 saturated carbocycles. The lowest BCUT2D eigenvalue weighted by atomic mass is 9.43. The Morgan fingerprint density at radius 2 is 1.66 bits per heavy atom. The first kappa shape index (κ1) is 21.6. The number of hydrogen-bond acceptors (Lipinski definition) is 4. The molecule has 0 unspecified atom stereocenters. The van der Waals surface area contributed by atoms with E-state index in [1.54, 1.807) is 0 Å². The standard InChI is InChI=1S/C24H40O5/c1-13(19(26)12-21(28)29)16-4-5-17-22-18(7-9-24(16,17)3)23(2)8-6-15(25)10-14(23)11-20(22)27/h13-20,22,25-27H,4-12H2,1-3H3,(H,28,29)/t13-,14-,15+,16+,17-,18-,19-,20-,22-,23-,24+/m0/s1. The Morgan fingerprint density at radius 1 is 1.00 bits per heavy atom. The van der Waals surface area contributed by atoms with Crippen molar-refractivity contribution >= 4 is 5.97 Å². The average Bonchev–Trinajstić information content (AvgIpc) is 2.99. The second-order valence-corrected chi connectivity index (χ2v) is 11.5. The van der Waals surface area contributed by atoms with E-state index >= 15 is 0 Å². The fourth-order valence-corrected chi connectivity index (χ4v) is 8.74. The van der Waals surface area contributed by atoms with Gasteiger partial charge in [0.15, 0.2) is 0 Å². The molecular weight excluding hydrogens is 368 g/mol. The highest BCUT2D eigenvalue weighted by atomic mass is 16.4. The molecule has 0 bridgehead atoms. The lowest BCUT2D eigenvalue weighted by Gasteiger charge is -2.62. The van der Waals surface area contributed by atoms with Gasteiger partial charge in [-0.1, -0.05) is 20.8 Å². The molecule has 5 nitrogen and oxygen atoms in total. The van der Waals surface area contributed by atoms with Crippen molar-refractivity contribution in [3.63, 3.8) is 0 Å². The summed E-state index contributed by atoms with van der Waals surface area (Å²) >= 11 is 0. The third-order valence-electron chi connectivity index (χ3n) is 10.4. The first-order chi connectivity index (χ1) is 13.6. The molecule has 4 rings (SSSR count). The molecule has 29 heavy (non-hydrogen) atoms. The van der Waals surface area contributed by atoms with Gasteiger partial charge in [0.05, 0.1) is 24.7 Å². The van der Waals surface area contributed by atoms with Crippen molar-refractivity contribution in [2.75, 3.05) is 0 Å². The highest BCUT2D eigenvalue weighted by molar-refractivity contribution is 5.67. The van der Waals surface area contributed by atoms with Crippen LogP contribution in [0.5, 0.6) is 0 Å². The van der Waals surface area contributed by atoms with E-state index in [2.05, 4.69) is 13.8 Å². The van der Waals surface area contributed by atoms with Crippen molar-refractivity contribution in [1.29, 1.82) is 0 Å². The second-order valence-electron chi connectivity index (χ2n) is 11.5.